The first-order chi connectivity index (χ1) is 13.2. The number of aromatic nitrogens is 2. The Morgan fingerprint density at radius 3 is 2.67 bits per heavy atom. The molecule has 3 N–H and O–H groups in total. The molecule has 1 aromatic carbocycles. The monoisotopic (exact) mass is 365 g/mol. The molecule has 8 nitrogen and oxygen atoms in total. The molecule has 1 unspecified atom stereocenters. The van der Waals surface area contributed by atoms with Crippen LogP contribution in [-0.2, 0) is 4.79 Å². The summed E-state index contributed by atoms with van der Waals surface area (Å²) in [5.74, 6) is 1.18. The largest absolute Gasteiger partial charge is 0.370 e. The number of nitrogens with zero attached hydrogens (tertiary/aromatic N) is 5. The first-order valence-corrected chi connectivity index (χ1v) is 9.19. The van der Waals surface area contributed by atoms with Crippen molar-refractivity contribution in [3.05, 3.63) is 48.3 Å². The molecule has 2 aromatic rings. The van der Waals surface area contributed by atoms with Crippen LogP contribution in [0.1, 0.15) is 17.9 Å². The number of benzene rings is 1. The predicted molar refractivity (Wildman–Crippen MR) is 105 cm³/mol. The van der Waals surface area contributed by atoms with Crippen LogP contribution in [0.4, 0.5) is 11.6 Å². The van der Waals surface area contributed by atoms with Crippen LogP contribution in [0.2, 0.25) is 0 Å². The fraction of sp³-hybridized carbons (Fsp3) is 0.368. The lowest BCUT2D eigenvalue weighted by molar-refractivity contribution is -0.117. The van der Waals surface area contributed by atoms with Gasteiger partial charge in [0.2, 0.25) is 11.9 Å². The van der Waals surface area contributed by atoms with E-state index < -0.39 is 0 Å². The maximum atomic E-state index is 12.2. The lowest BCUT2D eigenvalue weighted by Crippen LogP contribution is -2.51. The van der Waals surface area contributed by atoms with Crippen molar-refractivity contribution in [2.45, 2.75) is 12.3 Å². The van der Waals surface area contributed by atoms with E-state index in [9.17, 15) is 4.79 Å². The molecular formula is C19H23N7O. The van der Waals surface area contributed by atoms with Gasteiger partial charge < -0.3 is 20.9 Å². The number of hydrogen-bond acceptors (Lipinski definition) is 5. The van der Waals surface area contributed by atoms with E-state index in [2.05, 4.69) is 30.1 Å². The zero-order valence-corrected chi connectivity index (χ0v) is 15.1. The number of amides is 1. The second-order valence-electron chi connectivity index (χ2n) is 6.68. The highest BCUT2D eigenvalue weighted by Crippen LogP contribution is 2.34. The summed E-state index contributed by atoms with van der Waals surface area (Å²) in [5, 5.41) is 2.92. The summed E-state index contributed by atoms with van der Waals surface area (Å²) < 4.78 is 0. The van der Waals surface area contributed by atoms with Crippen LogP contribution in [0.3, 0.4) is 0 Å². The molecular weight excluding hydrogens is 342 g/mol. The number of guanidine groups is 1. The maximum absolute atomic E-state index is 12.2. The third kappa shape index (κ3) is 3.69. The van der Waals surface area contributed by atoms with Crippen LogP contribution in [0.25, 0.3) is 0 Å². The highest BCUT2D eigenvalue weighted by Gasteiger charge is 2.29. The second kappa shape index (κ2) is 7.61. The van der Waals surface area contributed by atoms with Gasteiger partial charge in [0, 0.05) is 50.8 Å². The Morgan fingerprint density at radius 1 is 1.15 bits per heavy atom. The minimum Gasteiger partial charge on any atom is -0.370 e. The van der Waals surface area contributed by atoms with E-state index in [0.717, 1.165) is 43.4 Å². The fourth-order valence-electron chi connectivity index (χ4n) is 3.56. The summed E-state index contributed by atoms with van der Waals surface area (Å²) in [5.41, 5.74) is 8.13. The van der Waals surface area contributed by atoms with Crippen molar-refractivity contribution in [2.24, 2.45) is 10.7 Å². The second-order valence-corrected chi connectivity index (χ2v) is 6.68. The Labute approximate surface area is 158 Å². The van der Waals surface area contributed by atoms with Crippen LogP contribution < -0.4 is 16.0 Å². The fourth-order valence-corrected chi connectivity index (χ4v) is 3.56. The van der Waals surface area contributed by atoms with Gasteiger partial charge >= 0.3 is 0 Å². The number of nitrogens with one attached hydrogen (secondary N) is 1. The minimum absolute atomic E-state index is 0.0430. The molecule has 27 heavy (non-hydrogen) atoms. The van der Waals surface area contributed by atoms with Gasteiger partial charge in [0.1, 0.15) is 0 Å². The van der Waals surface area contributed by atoms with E-state index in [4.69, 9.17) is 5.73 Å². The number of aliphatic imine (C=N–C) groups is 1. The van der Waals surface area contributed by atoms with Crippen LogP contribution >= 0.6 is 0 Å². The summed E-state index contributed by atoms with van der Waals surface area (Å²) in [4.78, 5) is 29.5. The number of rotatable bonds is 4. The molecule has 0 spiro atoms. The van der Waals surface area contributed by atoms with E-state index in [1.165, 1.54) is 0 Å². The minimum atomic E-state index is -0.148. The molecule has 1 aromatic heterocycles. The van der Waals surface area contributed by atoms with Crippen LogP contribution in [0.5, 0.6) is 0 Å². The first-order valence-electron chi connectivity index (χ1n) is 9.19. The normalized spacial score (nSPS) is 19.8. The molecule has 0 radical (unpaired) electrons. The maximum Gasteiger partial charge on any atom is 0.232 e. The Hall–Kier alpha value is -3.16. The van der Waals surface area contributed by atoms with Crippen LogP contribution in [0, 0.1) is 0 Å². The topological polar surface area (TPSA) is 99.7 Å². The van der Waals surface area contributed by atoms with Gasteiger partial charge in [-0.05, 0) is 24.1 Å². The first kappa shape index (κ1) is 17.3. The van der Waals surface area contributed by atoms with Crippen LogP contribution in [-0.4, -0.2) is 59.5 Å². The summed E-state index contributed by atoms with van der Waals surface area (Å²) in [6.07, 6.45) is 4.16. The van der Waals surface area contributed by atoms with Crippen molar-refractivity contribution in [3.63, 3.8) is 0 Å². The molecule has 1 fully saturated rings. The number of carbonyl (C=O) groups is 1. The van der Waals surface area contributed by atoms with Crippen molar-refractivity contribution >= 4 is 23.5 Å². The van der Waals surface area contributed by atoms with E-state index in [1.54, 1.807) is 12.4 Å². The standard InChI is InChI=1S/C19H23N7O/c20-18(25-10-12-26(13-11-25)19-22-7-3-8-23-19)21-9-6-15-14-4-1-2-5-16(14)24-17(15)27/h1-5,7-8,15H,6,9-13H2,(H2,20,21)(H,24,27). The van der Waals surface area contributed by atoms with Gasteiger partial charge in [0.05, 0.1) is 5.92 Å². The van der Waals surface area contributed by atoms with Gasteiger partial charge in [0.25, 0.3) is 0 Å². The van der Waals surface area contributed by atoms with Gasteiger partial charge in [0.15, 0.2) is 5.96 Å². The lowest BCUT2D eigenvalue weighted by Gasteiger charge is -2.35. The smallest absolute Gasteiger partial charge is 0.232 e. The summed E-state index contributed by atoms with van der Waals surface area (Å²) in [6.45, 7) is 3.69. The molecule has 1 atom stereocenters. The van der Waals surface area contributed by atoms with Crippen molar-refractivity contribution in [3.8, 4) is 0 Å². The molecule has 8 heteroatoms. The van der Waals surface area contributed by atoms with Gasteiger partial charge in [-0.3, -0.25) is 9.79 Å². The summed E-state index contributed by atoms with van der Waals surface area (Å²) in [6, 6.07) is 9.63. The number of fused-ring (bicyclic) bond motifs is 1. The molecule has 0 bridgehead atoms. The molecule has 2 aliphatic heterocycles. The van der Waals surface area contributed by atoms with Crippen molar-refractivity contribution in [2.75, 3.05) is 42.9 Å². The third-order valence-electron chi connectivity index (χ3n) is 5.04. The number of nitrogens with two attached hydrogens (primary N) is 1. The average Bonchev–Trinajstić information content (AvgIpc) is 3.04. The third-order valence-corrected chi connectivity index (χ3v) is 5.04. The molecule has 2 aliphatic rings. The van der Waals surface area contributed by atoms with Crippen molar-refractivity contribution in [1.82, 2.24) is 14.9 Å². The summed E-state index contributed by atoms with van der Waals surface area (Å²) in [7, 11) is 0. The van der Waals surface area contributed by atoms with Gasteiger partial charge in [-0.1, -0.05) is 18.2 Å². The Balaban J connectivity index is 1.30. The lowest BCUT2D eigenvalue weighted by atomic mass is 9.97. The number of piperazine rings is 1. The highest BCUT2D eigenvalue weighted by molar-refractivity contribution is 6.02. The zero-order chi connectivity index (χ0) is 18.6. The van der Waals surface area contributed by atoms with E-state index in [1.807, 2.05) is 30.3 Å². The van der Waals surface area contributed by atoms with Crippen molar-refractivity contribution < 1.29 is 4.79 Å². The average molecular weight is 365 g/mol. The molecule has 3 heterocycles. The molecule has 1 saturated heterocycles. The molecule has 1 amide bonds. The van der Waals surface area contributed by atoms with Crippen molar-refractivity contribution in [1.29, 1.82) is 0 Å². The number of hydrogen-bond donors (Lipinski definition) is 2. The van der Waals surface area contributed by atoms with Gasteiger partial charge in [-0.25, -0.2) is 9.97 Å². The van der Waals surface area contributed by atoms with Gasteiger partial charge in [-0.15, -0.1) is 0 Å². The van der Waals surface area contributed by atoms with Gasteiger partial charge in [-0.2, -0.15) is 0 Å². The van der Waals surface area contributed by atoms with E-state index >= 15 is 0 Å². The molecule has 4 rings (SSSR count). The number of para-hydroxylation sites is 1. The quantitative estimate of drug-likeness (QED) is 0.620. The number of carbonyl (C=O) groups excluding carboxylic acids is 1. The Bertz CT molecular complexity index is 831. The SMILES string of the molecule is NC(=NCCC1C(=O)Nc2ccccc21)N1CCN(c2ncccn2)CC1. The Morgan fingerprint density at radius 2 is 1.89 bits per heavy atom. The molecule has 0 aliphatic carbocycles. The predicted octanol–water partition coefficient (Wildman–Crippen LogP) is 1.04. The van der Waals surface area contributed by atoms with Crippen LogP contribution in [0.15, 0.2) is 47.7 Å². The Kier molecular flexibility index (Phi) is 4.86. The number of anilines is 2. The van der Waals surface area contributed by atoms with E-state index in [-0.39, 0.29) is 11.8 Å². The molecule has 0 saturated carbocycles. The summed E-state index contributed by atoms with van der Waals surface area (Å²) >= 11 is 0. The van der Waals surface area contributed by atoms with E-state index in [0.29, 0.717) is 18.9 Å². The highest BCUT2D eigenvalue weighted by atomic mass is 16.2. The zero-order valence-electron chi connectivity index (χ0n) is 15.1. The molecule has 140 valence electrons.